The molecule has 0 radical (unpaired) electrons. The van der Waals surface area contributed by atoms with E-state index in [1.807, 2.05) is 18.2 Å². The van der Waals surface area contributed by atoms with Crippen molar-refractivity contribution in [3.63, 3.8) is 0 Å². The summed E-state index contributed by atoms with van der Waals surface area (Å²) in [6.07, 6.45) is 6.22. The first-order valence-electron chi connectivity index (χ1n) is 7.52. The van der Waals surface area contributed by atoms with Crippen molar-refractivity contribution < 1.29 is 14.7 Å². The molecule has 0 heterocycles. The summed E-state index contributed by atoms with van der Waals surface area (Å²) in [4.78, 5) is 27.0. The lowest BCUT2D eigenvalue weighted by molar-refractivity contribution is -0.771. The number of aldehydes is 1. The maximum absolute atomic E-state index is 11.4. The predicted molar refractivity (Wildman–Crippen MR) is 78.0 cm³/mol. The average Bonchev–Trinajstić information content (AvgIpc) is 2.52. The van der Waals surface area contributed by atoms with Gasteiger partial charge in [-0.15, -0.1) is 10.1 Å². The minimum atomic E-state index is -0.763. The van der Waals surface area contributed by atoms with Crippen LogP contribution in [0.4, 0.5) is 0 Å². The molecule has 0 spiro atoms. The summed E-state index contributed by atoms with van der Waals surface area (Å²) in [5.41, 5.74) is 0.747. The Morgan fingerprint density at radius 1 is 1.24 bits per heavy atom. The second kappa shape index (κ2) is 7.76. The first-order chi connectivity index (χ1) is 10.2. The van der Waals surface area contributed by atoms with E-state index in [9.17, 15) is 14.9 Å². The van der Waals surface area contributed by atoms with Crippen molar-refractivity contribution in [1.29, 1.82) is 0 Å². The Bertz CT molecular complexity index is 457. The normalized spacial score (nSPS) is 18.7. The molecular weight excluding hydrogens is 270 g/mol. The van der Waals surface area contributed by atoms with Gasteiger partial charge in [0.1, 0.15) is 12.4 Å². The minimum Gasteiger partial charge on any atom is -0.306 e. The molecule has 114 valence electrons. The Balaban J connectivity index is 2.08. The number of carbonyl (C=O) groups is 1. The van der Waals surface area contributed by atoms with Crippen LogP contribution in [0.1, 0.15) is 50.2 Å². The van der Waals surface area contributed by atoms with Crippen LogP contribution in [0.5, 0.6) is 0 Å². The second-order valence-electron chi connectivity index (χ2n) is 5.66. The maximum Gasteiger partial charge on any atom is 0.295 e. The Morgan fingerprint density at radius 3 is 2.48 bits per heavy atom. The third-order valence-corrected chi connectivity index (χ3v) is 4.30. The van der Waals surface area contributed by atoms with Crippen molar-refractivity contribution >= 4 is 6.29 Å². The Labute approximate surface area is 124 Å². The summed E-state index contributed by atoms with van der Waals surface area (Å²) in [5, 5.41) is 9.96. The van der Waals surface area contributed by atoms with E-state index in [1.54, 1.807) is 12.1 Å². The molecule has 0 aliphatic heterocycles. The summed E-state index contributed by atoms with van der Waals surface area (Å²) in [5.74, 6) is 0.160. The summed E-state index contributed by atoms with van der Waals surface area (Å²) in [7, 11) is 0. The highest BCUT2D eigenvalue weighted by Crippen LogP contribution is 2.35. The van der Waals surface area contributed by atoms with Crippen molar-refractivity contribution in [1.82, 2.24) is 0 Å². The van der Waals surface area contributed by atoms with Crippen LogP contribution in [0.15, 0.2) is 30.3 Å². The molecular formula is C16H21NO4. The Morgan fingerprint density at radius 2 is 1.90 bits per heavy atom. The van der Waals surface area contributed by atoms with Gasteiger partial charge in [-0.1, -0.05) is 49.6 Å². The molecule has 0 amide bonds. The average molecular weight is 291 g/mol. The molecule has 1 fully saturated rings. The zero-order chi connectivity index (χ0) is 15.1. The molecule has 1 saturated carbocycles. The topological polar surface area (TPSA) is 69.4 Å². The smallest absolute Gasteiger partial charge is 0.295 e. The second-order valence-corrected chi connectivity index (χ2v) is 5.66. The van der Waals surface area contributed by atoms with Gasteiger partial charge in [0.25, 0.3) is 5.09 Å². The molecule has 1 aliphatic rings. The summed E-state index contributed by atoms with van der Waals surface area (Å²) >= 11 is 0. The van der Waals surface area contributed by atoms with Gasteiger partial charge >= 0.3 is 0 Å². The number of rotatable bonds is 7. The third-order valence-electron chi connectivity index (χ3n) is 4.30. The molecule has 0 saturated heterocycles. The molecule has 1 aromatic rings. The highest BCUT2D eigenvalue weighted by atomic mass is 17.0. The number of nitrogens with zero attached hydrogens (tertiary/aromatic N) is 1. The van der Waals surface area contributed by atoms with Crippen molar-refractivity contribution in [2.24, 2.45) is 11.8 Å². The van der Waals surface area contributed by atoms with Gasteiger partial charge < -0.3 is 9.63 Å². The zero-order valence-corrected chi connectivity index (χ0v) is 12.0. The Hall–Kier alpha value is -1.91. The van der Waals surface area contributed by atoms with Gasteiger partial charge in [-0.3, -0.25) is 0 Å². The molecule has 1 aromatic carbocycles. The van der Waals surface area contributed by atoms with Crippen LogP contribution >= 0.6 is 0 Å². The molecule has 0 aromatic heterocycles. The van der Waals surface area contributed by atoms with Gasteiger partial charge in [0.15, 0.2) is 0 Å². The van der Waals surface area contributed by atoms with E-state index in [0.717, 1.165) is 37.5 Å². The predicted octanol–water partition coefficient (Wildman–Crippen LogP) is 3.72. The summed E-state index contributed by atoms with van der Waals surface area (Å²) in [6.45, 7) is 0. The molecule has 2 atom stereocenters. The quantitative estimate of drug-likeness (QED) is 0.436. The molecule has 2 rings (SSSR count). The standard InChI is InChI=1S/C16H21NO4/c18-12-15(13-7-3-1-4-8-13)11-16(21-17(19)20)14-9-5-2-6-10-14/h2,5-6,9-10,12-13,15-16H,1,3-4,7-8,11H2/t15-,16+/m1/s1. The molecule has 5 nitrogen and oxygen atoms in total. The van der Waals surface area contributed by atoms with Crippen molar-refractivity contribution in [2.45, 2.75) is 44.6 Å². The number of hydrogen-bond donors (Lipinski definition) is 0. The fourth-order valence-electron chi connectivity index (χ4n) is 3.18. The SMILES string of the molecule is O=C[C@@H](C[C@H](O[N+](=O)[O-])c1ccccc1)C1CCCCC1. The van der Waals surface area contributed by atoms with E-state index < -0.39 is 11.2 Å². The first kappa shape index (κ1) is 15.5. The number of benzene rings is 1. The molecule has 0 unspecified atom stereocenters. The fourth-order valence-corrected chi connectivity index (χ4v) is 3.18. The van der Waals surface area contributed by atoms with E-state index in [0.29, 0.717) is 12.3 Å². The van der Waals surface area contributed by atoms with Crippen LogP contribution < -0.4 is 0 Å². The summed E-state index contributed by atoms with van der Waals surface area (Å²) < 4.78 is 0. The van der Waals surface area contributed by atoms with Gasteiger partial charge in [-0.2, -0.15) is 0 Å². The molecule has 0 N–H and O–H groups in total. The van der Waals surface area contributed by atoms with E-state index in [-0.39, 0.29) is 5.92 Å². The van der Waals surface area contributed by atoms with E-state index in [1.165, 1.54) is 6.42 Å². The van der Waals surface area contributed by atoms with Crippen LogP contribution in [0.25, 0.3) is 0 Å². The molecule has 21 heavy (non-hydrogen) atoms. The van der Waals surface area contributed by atoms with Gasteiger partial charge in [0.2, 0.25) is 0 Å². The monoisotopic (exact) mass is 291 g/mol. The van der Waals surface area contributed by atoms with Crippen molar-refractivity contribution in [2.75, 3.05) is 0 Å². The molecule has 1 aliphatic carbocycles. The highest BCUT2D eigenvalue weighted by molar-refractivity contribution is 5.54. The molecule has 5 heteroatoms. The van der Waals surface area contributed by atoms with E-state index in [2.05, 4.69) is 0 Å². The largest absolute Gasteiger partial charge is 0.306 e. The third kappa shape index (κ3) is 4.55. The maximum atomic E-state index is 11.4. The van der Waals surface area contributed by atoms with Crippen LogP contribution in [0, 0.1) is 22.0 Å². The van der Waals surface area contributed by atoms with Gasteiger partial charge in [-0.05, 0) is 30.7 Å². The van der Waals surface area contributed by atoms with Crippen LogP contribution in [-0.2, 0) is 9.63 Å². The van der Waals surface area contributed by atoms with Gasteiger partial charge in [0, 0.05) is 5.92 Å². The fraction of sp³-hybridized carbons (Fsp3) is 0.562. The lowest BCUT2D eigenvalue weighted by Crippen LogP contribution is -2.23. The Kier molecular flexibility index (Phi) is 5.72. The van der Waals surface area contributed by atoms with E-state index >= 15 is 0 Å². The lowest BCUT2D eigenvalue weighted by atomic mass is 9.78. The zero-order valence-electron chi connectivity index (χ0n) is 12.0. The highest BCUT2D eigenvalue weighted by Gasteiger charge is 2.28. The van der Waals surface area contributed by atoms with Crippen LogP contribution in [0.3, 0.4) is 0 Å². The summed E-state index contributed by atoms with van der Waals surface area (Å²) in [6, 6.07) is 9.10. The number of hydrogen-bond acceptors (Lipinski definition) is 4. The minimum absolute atomic E-state index is 0.171. The first-order valence-corrected chi connectivity index (χ1v) is 7.52. The molecule has 0 bridgehead atoms. The lowest BCUT2D eigenvalue weighted by Gasteiger charge is -2.28. The van der Waals surface area contributed by atoms with E-state index in [4.69, 9.17) is 4.84 Å². The van der Waals surface area contributed by atoms with Crippen molar-refractivity contribution in [3.8, 4) is 0 Å². The number of carbonyl (C=O) groups excluding carboxylic acids is 1. The van der Waals surface area contributed by atoms with Crippen LogP contribution in [-0.4, -0.2) is 11.4 Å². The van der Waals surface area contributed by atoms with Gasteiger partial charge in [-0.25, -0.2) is 0 Å². The van der Waals surface area contributed by atoms with Crippen molar-refractivity contribution in [3.05, 3.63) is 46.0 Å². The van der Waals surface area contributed by atoms with Crippen LogP contribution in [0.2, 0.25) is 0 Å². The van der Waals surface area contributed by atoms with Gasteiger partial charge in [0.05, 0.1) is 0 Å².